The number of hydrogen-bond acceptors (Lipinski definition) is 7. The average molecular weight is 532 g/mol. The van der Waals surface area contributed by atoms with E-state index in [1.54, 1.807) is 33.3 Å². The van der Waals surface area contributed by atoms with E-state index in [9.17, 15) is 9.59 Å². The summed E-state index contributed by atoms with van der Waals surface area (Å²) in [4.78, 5) is 25.5. The SMILES string of the molecule is CCOC(=O)c1c(-c2ccc(OC)c(OC)c2)csc1NC(=O)CCCOc1cc(C)c(Cl)c(C)c1. The van der Waals surface area contributed by atoms with E-state index in [2.05, 4.69) is 5.32 Å². The molecule has 1 amide bonds. The first kappa shape index (κ1) is 27.4. The summed E-state index contributed by atoms with van der Waals surface area (Å²) in [6.45, 7) is 6.18. The molecule has 0 aliphatic heterocycles. The van der Waals surface area contributed by atoms with E-state index in [4.69, 9.17) is 30.5 Å². The van der Waals surface area contributed by atoms with E-state index in [-0.39, 0.29) is 18.9 Å². The number of amides is 1. The molecule has 0 spiro atoms. The number of hydrogen-bond donors (Lipinski definition) is 1. The molecule has 1 N–H and O–H groups in total. The van der Waals surface area contributed by atoms with Crippen LogP contribution in [0.3, 0.4) is 0 Å². The van der Waals surface area contributed by atoms with E-state index in [1.165, 1.54) is 11.3 Å². The third kappa shape index (κ3) is 6.50. The number of halogens is 1. The number of benzene rings is 2. The summed E-state index contributed by atoms with van der Waals surface area (Å²) in [6, 6.07) is 9.13. The van der Waals surface area contributed by atoms with Gasteiger partial charge in [-0.25, -0.2) is 4.79 Å². The van der Waals surface area contributed by atoms with Gasteiger partial charge in [0.25, 0.3) is 0 Å². The molecular formula is C27H30ClNO6S. The number of carbonyl (C=O) groups excluding carboxylic acids is 2. The van der Waals surface area contributed by atoms with Crippen LogP contribution in [-0.2, 0) is 9.53 Å². The topological polar surface area (TPSA) is 83.1 Å². The van der Waals surface area contributed by atoms with Crippen LogP contribution in [0.15, 0.2) is 35.7 Å². The molecule has 36 heavy (non-hydrogen) atoms. The Bertz CT molecular complexity index is 1220. The van der Waals surface area contributed by atoms with Crippen molar-refractivity contribution in [1.82, 2.24) is 0 Å². The molecule has 0 saturated carbocycles. The summed E-state index contributed by atoms with van der Waals surface area (Å²) in [6.07, 6.45) is 0.743. The zero-order valence-corrected chi connectivity index (χ0v) is 22.6. The first-order valence-electron chi connectivity index (χ1n) is 11.5. The second kappa shape index (κ2) is 12.6. The number of methoxy groups -OCH3 is 2. The first-order valence-corrected chi connectivity index (χ1v) is 12.7. The van der Waals surface area contributed by atoms with Crippen LogP contribution in [-0.4, -0.2) is 39.3 Å². The maximum atomic E-state index is 12.8. The first-order chi connectivity index (χ1) is 17.3. The van der Waals surface area contributed by atoms with Gasteiger partial charge in [0.2, 0.25) is 5.91 Å². The summed E-state index contributed by atoms with van der Waals surface area (Å²) in [5.74, 6) is 1.11. The second-order valence-electron chi connectivity index (χ2n) is 8.01. The summed E-state index contributed by atoms with van der Waals surface area (Å²) < 4.78 is 21.8. The molecule has 0 bridgehead atoms. The minimum Gasteiger partial charge on any atom is -0.494 e. The largest absolute Gasteiger partial charge is 0.494 e. The van der Waals surface area contributed by atoms with Crippen LogP contribution in [0.1, 0.15) is 41.3 Å². The Morgan fingerprint density at radius 2 is 1.72 bits per heavy atom. The monoisotopic (exact) mass is 531 g/mol. The van der Waals surface area contributed by atoms with Crippen molar-refractivity contribution in [3.8, 4) is 28.4 Å². The molecule has 0 aliphatic carbocycles. The van der Waals surface area contributed by atoms with Gasteiger partial charge < -0.3 is 24.3 Å². The quantitative estimate of drug-likeness (QED) is 0.219. The normalized spacial score (nSPS) is 10.6. The molecule has 0 unspecified atom stereocenters. The molecule has 3 aromatic rings. The fraction of sp³-hybridized carbons (Fsp3) is 0.333. The Labute approximate surface area is 220 Å². The maximum absolute atomic E-state index is 12.8. The van der Waals surface area contributed by atoms with Gasteiger partial charge >= 0.3 is 5.97 Å². The van der Waals surface area contributed by atoms with Crippen molar-refractivity contribution in [3.05, 3.63) is 57.4 Å². The molecule has 0 radical (unpaired) electrons. The van der Waals surface area contributed by atoms with Gasteiger partial charge in [0, 0.05) is 22.4 Å². The van der Waals surface area contributed by atoms with Gasteiger partial charge in [-0.1, -0.05) is 17.7 Å². The van der Waals surface area contributed by atoms with Crippen LogP contribution in [0.25, 0.3) is 11.1 Å². The van der Waals surface area contributed by atoms with Gasteiger partial charge in [0.05, 0.1) is 27.4 Å². The number of thiophene rings is 1. The van der Waals surface area contributed by atoms with Crippen LogP contribution in [0.4, 0.5) is 5.00 Å². The van der Waals surface area contributed by atoms with Gasteiger partial charge in [-0.2, -0.15) is 0 Å². The van der Waals surface area contributed by atoms with E-state index >= 15 is 0 Å². The molecule has 192 valence electrons. The fourth-order valence-electron chi connectivity index (χ4n) is 3.67. The Hall–Kier alpha value is -3.23. The predicted octanol–water partition coefficient (Wildman–Crippen LogP) is 6.68. The number of esters is 1. The number of nitrogens with one attached hydrogen (secondary N) is 1. The van der Waals surface area contributed by atoms with Crippen molar-refractivity contribution in [2.75, 3.05) is 32.8 Å². The molecule has 0 aliphatic rings. The van der Waals surface area contributed by atoms with Gasteiger partial charge in [-0.15, -0.1) is 11.3 Å². The van der Waals surface area contributed by atoms with Crippen LogP contribution < -0.4 is 19.5 Å². The van der Waals surface area contributed by atoms with Crippen molar-refractivity contribution in [2.45, 2.75) is 33.6 Å². The number of aryl methyl sites for hydroxylation is 2. The summed E-state index contributed by atoms with van der Waals surface area (Å²) in [5, 5.41) is 5.84. The number of carbonyl (C=O) groups is 2. The van der Waals surface area contributed by atoms with E-state index in [0.29, 0.717) is 40.7 Å². The zero-order valence-electron chi connectivity index (χ0n) is 21.0. The smallest absolute Gasteiger partial charge is 0.341 e. The van der Waals surface area contributed by atoms with Gasteiger partial charge in [-0.05, 0) is 68.1 Å². The molecule has 2 aromatic carbocycles. The zero-order chi connectivity index (χ0) is 26.2. The second-order valence-corrected chi connectivity index (χ2v) is 9.27. The Morgan fingerprint density at radius 1 is 1.03 bits per heavy atom. The van der Waals surface area contributed by atoms with E-state index in [0.717, 1.165) is 27.5 Å². The number of anilines is 1. The predicted molar refractivity (Wildman–Crippen MR) is 143 cm³/mol. The molecule has 1 heterocycles. The van der Waals surface area contributed by atoms with Crippen molar-refractivity contribution < 1.29 is 28.5 Å². The van der Waals surface area contributed by atoms with Crippen molar-refractivity contribution >= 4 is 39.8 Å². The van der Waals surface area contributed by atoms with E-state index in [1.807, 2.05) is 37.4 Å². The third-order valence-electron chi connectivity index (χ3n) is 5.44. The molecule has 3 rings (SSSR count). The lowest BCUT2D eigenvalue weighted by atomic mass is 10.0. The lowest BCUT2D eigenvalue weighted by Crippen LogP contribution is -2.15. The molecule has 7 nitrogen and oxygen atoms in total. The highest BCUT2D eigenvalue weighted by Crippen LogP contribution is 2.39. The number of rotatable bonds is 11. The minimum atomic E-state index is -0.504. The Kier molecular flexibility index (Phi) is 9.61. The lowest BCUT2D eigenvalue weighted by Gasteiger charge is -2.12. The molecule has 0 atom stereocenters. The van der Waals surface area contributed by atoms with Gasteiger partial charge in [0.15, 0.2) is 11.5 Å². The molecule has 0 saturated heterocycles. The van der Waals surface area contributed by atoms with Crippen LogP contribution in [0, 0.1) is 13.8 Å². The van der Waals surface area contributed by atoms with Crippen molar-refractivity contribution in [1.29, 1.82) is 0 Å². The van der Waals surface area contributed by atoms with Gasteiger partial charge in [0.1, 0.15) is 16.3 Å². The molecule has 1 aromatic heterocycles. The van der Waals surface area contributed by atoms with Crippen LogP contribution >= 0.6 is 22.9 Å². The van der Waals surface area contributed by atoms with Crippen molar-refractivity contribution in [3.63, 3.8) is 0 Å². The van der Waals surface area contributed by atoms with Gasteiger partial charge in [-0.3, -0.25) is 4.79 Å². The summed E-state index contributed by atoms with van der Waals surface area (Å²) in [5.41, 5.74) is 3.59. The maximum Gasteiger partial charge on any atom is 0.341 e. The Morgan fingerprint density at radius 3 is 2.36 bits per heavy atom. The Balaban J connectivity index is 1.70. The molecule has 9 heteroatoms. The summed E-state index contributed by atoms with van der Waals surface area (Å²) in [7, 11) is 3.11. The lowest BCUT2D eigenvalue weighted by molar-refractivity contribution is -0.116. The highest BCUT2D eigenvalue weighted by molar-refractivity contribution is 7.15. The highest BCUT2D eigenvalue weighted by Gasteiger charge is 2.23. The fourth-order valence-corrected chi connectivity index (χ4v) is 4.76. The molecule has 0 fully saturated rings. The number of ether oxygens (including phenoxy) is 4. The van der Waals surface area contributed by atoms with Crippen LogP contribution in [0.5, 0.6) is 17.2 Å². The van der Waals surface area contributed by atoms with Crippen LogP contribution in [0.2, 0.25) is 5.02 Å². The highest BCUT2D eigenvalue weighted by atomic mass is 35.5. The third-order valence-corrected chi connectivity index (χ3v) is 6.94. The standard InChI is InChI=1S/C27H30ClNO6S/c1-6-34-27(31)24-20(18-9-10-21(32-4)22(14-18)33-5)15-36-26(24)29-23(30)8-7-11-35-19-12-16(2)25(28)17(3)13-19/h9-10,12-15H,6-8,11H2,1-5H3,(H,29,30). The summed E-state index contributed by atoms with van der Waals surface area (Å²) >= 11 is 7.47. The minimum absolute atomic E-state index is 0.215. The van der Waals surface area contributed by atoms with Crippen molar-refractivity contribution in [2.24, 2.45) is 0 Å². The molecular weight excluding hydrogens is 502 g/mol. The van der Waals surface area contributed by atoms with E-state index < -0.39 is 5.97 Å². The average Bonchev–Trinajstić information content (AvgIpc) is 3.28.